The summed E-state index contributed by atoms with van der Waals surface area (Å²) in [6.07, 6.45) is 5.00. The Balaban J connectivity index is 1.96. The van der Waals surface area contributed by atoms with Gasteiger partial charge in [0.05, 0.1) is 24.6 Å². The van der Waals surface area contributed by atoms with Gasteiger partial charge in [-0.1, -0.05) is 0 Å². The van der Waals surface area contributed by atoms with E-state index in [2.05, 4.69) is 20.3 Å². The quantitative estimate of drug-likeness (QED) is 0.820. The molecular weight excluding hydrogens is 210 g/mol. The van der Waals surface area contributed by atoms with Gasteiger partial charge >= 0.3 is 0 Å². The van der Waals surface area contributed by atoms with E-state index in [0.717, 1.165) is 5.01 Å². The van der Waals surface area contributed by atoms with Crippen molar-refractivity contribution in [1.29, 1.82) is 0 Å². The van der Waals surface area contributed by atoms with Gasteiger partial charge in [-0.2, -0.15) is 0 Å². The number of aromatic nitrogens is 3. The molecule has 3 N–H and O–H groups in total. The van der Waals surface area contributed by atoms with E-state index in [9.17, 15) is 0 Å². The fourth-order valence-electron chi connectivity index (χ4n) is 1.07. The molecule has 2 heterocycles. The Hall–Kier alpha value is -1.69. The molecule has 15 heavy (non-hydrogen) atoms. The normalized spacial score (nSPS) is 10.2. The average Bonchev–Trinajstić information content (AvgIpc) is 2.64. The van der Waals surface area contributed by atoms with E-state index in [1.54, 1.807) is 23.7 Å². The van der Waals surface area contributed by atoms with Gasteiger partial charge in [0, 0.05) is 11.1 Å². The number of hydrogen-bond acceptors (Lipinski definition) is 6. The molecule has 0 fully saturated rings. The number of hydrogen-bond donors (Lipinski definition) is 2. The predicted molar refractivity (Wildman–Crippen MR) is 60.6 cm³/mol. The standard InChI is InChI=1S/C9H11N5S/c1-6-2-11-8(15-6)5-14-9-12-3-7(10)4-13-9/h2-4H,5,10H2,1H3,(H,12,13,14). The zero-order valence-electron chi connectivity index (χ0n) is 8.27. The molecule has 2 rings (SSSR count). The molecule has 78 valence electrons. The van der Waals surface area contributed by atoms with Crippen LogP contribution in [0.5, 0.6) is 0 Å². The summed E-state index contributed by atoms with van der Waals surface area (Å²) in [6.45, 7) is 2.67. The molecule has 5 nitrogen and oxygen atoms in total. The first kappa shape index (κ1) is 9.85. The zero-order chi connectivity index (χ0) is 10.7. The number of anilines is 2. The van der Waals surface area contributed by atoms with Crippen LogP contribution >= 0.6 is 11.3 Å². The highest BCUT2D eigenvalue weighted by atomic mass is 32.1. The van der Waals surface area contributed by atoms with Crippen LogP contribution in [0.4, 0.5) is 11.6 Å². The van der Waals surface area contributed by atoms with Crippen LogP contribution in [0.2, 0.25) is 0 Å². The van der Waals surface area contributed by atoms with Crippen molar-refractivity contribution in [3.63, 3.8) is 0 Å². The third-order valence-electron chi connectivity index (χ3n) is 1.74. The van der Waals surface area contributed by atoms with Gasteiger partial charge in [-0.05, 0) is 6.92 Å². The zero-order valence-corrected chi connectivity index (χ0v) is 9.08. The molecule has 6 heteroatoms. The van der Waals surface area contributed by atoms with Gasteiger partial charge in [-0.3, -0.25) is 0 Å². The molecule has 0 unspecified atom stereocenters. The molecule has 0 radical (unpaired) electrons. The lowest BCUT2D eigenvalue weighted by atomic mass is 10.5. The molecular formula is C9H11N5S. The Labute approximate surface area is 91.4 Å². The maximum atomic E-state index is 5.47. The number of rotatable bonds is 3. The maximum absolute atomic E-state index is 5.47. The second-order valence-corrected chi connectivity index (χ2v) is 4.38. The minimum absolute atomic E-state index is 0.561. The third-order valence-corrected chi connectivity index (χ3v) is 2.65. The Morgan fingerprint density at radius 2 is 2.00 bits per heavy atom. The summed E-state index contributed by atoms with van der Waals surface area (Å²) in [5.74, 6) is 0.567. The van der Waals surface area contributed by atoms with E-state index in [4.69, 9.17) is 5.73 Å². The molecule has 0 aromatic carbocycles. The highest BCUT2D eigenvalue weighted by Crippen LogP contribution is 2.12. The van der Waals surface area contributed by atoms with Crippen LogP contribution in [-0.4, -0.2) is 15.0 Å². The summed E-state index contributed by atoms with van der Waals surface area (Å²) in [5, 5.41) is 4.09. The Bertz CT molecular complexity index is 436. The highest BCUT2D eigenvalue weighted by Gasteiger charge is 1.99. The minimum Gasteiger partial charge on any atom is -0.396 e. The highest BCUT2D eigenvalue weighted by molar-refractivity contribution is 7.11. The van der Waals surface area contributed by atoms with Crippen molar-refractivity contribution in [3.8, 4) is 0 Å². The SMILES string of the molecule is Cc1cnc(CNc2ncc(N)cn2)s1. The van der Waals surface area contributed by atoms with E-state index in [-0.39, 0.29) is 0 Å². The van der Waals surface area contributed by atoms with Crippen LogP contribution in [0.1, 0.15) is 9.88 Å². The minimum atomic E-state index is 0.561. The Morgan fingerprint density at radius 1 is 1.27 bits per heavy atom. The lowest BCUT2D eigenvalue weighted by molar-refractivity contribution is 1.04. The number of nitrogens with zero attached hydrogens (tertiary/aromatic N) is 3. The van der Waals surface area contributed by atoms with Crippen molar-refractivity contribution in [3.05, 3.63) is 28.5 Å². The largest absolute Gasteiger partial charge is 0.396 e. The lowest BCUT2D eigenvalue weighted by Crippen LogP contribution is -2.03. The second-order valence-electron chi connectivity index (χ2n) is 3.06. The Kier molecular flexibility index (Phi) is 2.77. The molecule has 0 bridgehead atoms. The van der Waals surface area contributed by atoms with Crippen molar-refractivity contribution in [2.75, 3.05) is 11.1 Å². The summed E-state index contributed by atoms with van der Waals surface area (Å²) < 4.78 is 0. The molecule has 2 aromatic heterocycles. The Morgan fingerprint density at radius 3 is 2.60 bits per heavy atom. The van der Waals surface area contributed by atoms with Gasteiger partial charge in [0.15, 0.2) is 0 Å². The summed E-state index contributed by atoms with van der Waals surface area (Å²) in [6, 6.07) is 0. The number of nitrogens with two attached hydrogens (primary N) is 1. The van der Waals surface area contributed by atoms with Crippen LogP contribution in [-0.2, 0) is 6.54 Å². The number of aryl methyl sites for hydroxylation is 1. The molecule has 0 atom stereocenters. The van der Waals surface area contributed by atoms with Crippen LogP contribution in [0, 0.1) is 6.92 Å². The monoisotopic (exact) mass is 221 g/mol. The van der Waals surface area contributed by atoms with Crippen LogP contribution in [0.3, 0.4) is 0 Å². The molecule has 2 aromatic rings. The summed E-state index contributed by atoms with van der Waals surface area (Å²) >= 11 is 1.66. The number of nitrogens with one attached hydrogen (secondary N) is 1. The molecule has 0 aliphatic heterocycles. The number of thiazole rings is 1. The molecule has 0 spiro atoms. The van der Waals surface area contributed by atoms with Gasteiger partial charge in [0.2, 0.25) is 5.95 Å². The van der Waals surface area contributed by atoms with Crippen LogP contribution in [0.15, 0.2) is 18.6 Å². The van der Waals surface area contributed by atoms with Gasteiger partial charge in [0.25, 0.3) is 0 Å². The van der Waals surface area contributed by atoms with E-state index in [1.165, 1.54) is 4.88 Å². The van der Waals surface area contributed by atoms with Gasteiger partial charge in [-0.15, -0.1) is 11.3 Å². The molecule has 0 amide bonds. The topological polar surface area (TPSA) is 76.7 Å². The molecule has 0 aliphatic carbocycles. The van der Waals surface area contributed by atoms with Crippen LogP contribution in [0.25, 0.3) is 0 Å². The second kappa shape index (κ2) is 4.22. The van der Waals surface area contributed by atoms with Gasteiger partial charge < -0.3 is 11.1 Å². The fourth-order valence-corrected chi connectivity index (χ4v) is 1.79. The summed E-state index contributed by atoms with van der Waals surface area (Å²) in [7, 11) is 0. The van der Waals surface area contributed by atoms with Crippen molar-refractivity contribution in [2.24, 2.45) is 0 Å². The van der Waals surface area contributed by atoms with Gasteiger partial charge in [0.1, 0.15) is 5.01 Å². The molecule has 0 saturated carbocycles. The first-order valence-electron chi connectivity index (χ1n) is 4.47. The third kappa shape index (κ3) is 2.63. The van der Waals surface area contributed by atoms with Crippen LogP contribution < -0.4 is 11.1 Å². The van der Waals surface area contributed by atoms with E-state index < -0.39 is 0 Å². The van der Waals surface area contributed by atoms with Crippen molar-refractivity contribution in [2.45, 2.75) is 13.5 Å². The van der Waals surface area contributed by atoms with Gasteiger partial charge in [-0.25, -0.2) is 15.0 Å². The predicted octanol–water partition coefficient (Wildman–Crippen LogP) is 1.44. The first-order valence-corrected chi connectivity index (χ1v) is 5.28. The molecule has 0 aliphatic rings. The summed E-state index contributed by atoms with van der Waals surface area (Å²) in [4.78, 5) is 13.5. The smallest absolute Gasteiger partial charge is 0.223 e. The summed E-state index contributed by atoms with van der Waals surface area (Å²) in [5.41, 5.74) is 6.03. The molecule has 0 saturated heterocycles. The van der Waals surface area contributed by atoms with E-state index in [1.807, 2.05) is 13.1 Å². The van der Waals surface area contributed by atoms with Crippen molar-refractivity contribution >= 4 is 23.0 Å². The van der Waals surface area contributed by atoms with Crippen molar-refractivity contribution < 1.29 is 0 Å². The van der Waals surface area contributed by atoms with E-state index in [0.29, 0.717) is 18.2 Å². The maximum Gasteiger partial charge on any atom is 0.223 e. The average molecular weight is 221 g/mol. The number of nitrogen functional groups attached to an aromatic ring is 1. The van der Waals surface area contributed by atoms with E-state index >= 15 is 0 Å². The lowest BCUT2D eigenvalue weighted by Gasteiger charge is -2.01. The fraction of sp³-hybridized carbons (Fsp3) is 0.222. The first-order chi connectivity index (χ1) is 7.24. The van der Waals surface area contributed by atoms with Crippen molar-refractivity contribution in [1.82, 2.24) is 15.0 Å².